The van der Waals surface area contributed by atoms with Gasteiger partial charge in [-0.05, 0) is 49.9 Å². The molecule has 0 radical (unpaired) electrons. The largest absolute Gasteiger partial charge is 0.360 e. The molecule has 2 fully saturated rings. The Bertz CT molecular complexity index is 1080. The van der Waals surface area contributed by atoms with Crippen molar-refractivity contribution in [3.05, 3.63) is 60.3 Å². The highest BCUT2D eigenvalue weighted by Crippen LogP contribution is 2.35. The lowest BCUT2D eigenvalue weighted by atomic mass is 9.88. The zero-order valence-electron chi connectivity index (χ0n) is 18.7. The summed E-state index contributed by atoms with van der Waals surface area (Å²) < 4.78 is 8.21. The molecule has 6 nitrogen and oxygen atoms in total. The van der Waals surface area contributed by atoms with Crippen molar-refractivity contribution < 1.29 is 9.53 Å². The van der Waals surface area contributed by atoms with E-state index < -0.39 is 6.10 Å². The highest BCUT2D eigenvalue weighted by molar-refractivity contribution is 5.99. The van der Waals surface area contributed by atoms with Gasteiger partial charge in [0, 0.05) is 37.8 Å². The highest BCUT2D eigenvalue weighted by atomic mass is 35.5. The Morgan fingerprint density at radius 1 is 1.12 bits per heavy atom. The summed E-state index contributed by atoms with van der Waals surface area (Å²) in [6, 6.07) is 16.8. The number of piperidine rings is 1. The van der Waals surface area contributed by atoms with Crippen LogP contribution in [0, 0.1) is 0 Å². The molecule has 3 aromatic rings. The number of nitrogens with zero attached hydrogens (tertiary/aromatic N) is 4. The predicted octanol–water partition coefficient (Wildman–Crippen LogP) is 3.82. The van der Waals surface area contributed by atoms with Crippen LogP contribution in [0.5, 0.6) is 0 Å². The standard InChI is InChI=1S/C25H30N4O2.ClH/c1-19-24(30)29(22-9-8-21-17-26-27(2)23(21)16-22)18-25(31-19)11-14-28(15-12-25)13-10-20-6-4-3-5-7-20;/h3-9,16-17,19H,10-15,18H2,1-2H3;1H. The second-order valence-corrected chi connectivity index (χ2v) is 8.96. The summed E-state index contributed by atoms with van der Waals surface area (Å²) in [5.74, 6) is 0.0404. The third-order valence-electron chi connectivity index (χ3n) is 6.86. The fourth-order valence-corrected chi connectivity index (χ4v) is 4.96. The molecule has 0 bridgehead atoms. The molecule has 1 aromatic heterocycles. The fourth-order valence-electron chi connectivity index (χ4n) is 4.96. The number of rotatable bonds is 4. The average molecular weight is 455 g/mol. The second kappa shape index (κ2) is 9.22. The number of aromatic nitrogens is 2. The SMILES string of the molecule is CC1OC2(CCN(CCc3ccccc3)CC2)CN(c2ccc3cnn(C)c3c2)C1=O.Cl. The number of amides is 1. The molecule has 1 unspecified atom stereocenters. The zero-order valence-corrected chi connectivity index (χ0v) is 19.6. The molecule has 2 aliphatic heterocycles. The second-order valence-electron chi connectivity index (χ2n) is 8.96. The Morgan fingerprint density at radius 3 is 2.62 bits per heavy atom. The molecule has 170 valence electrons. The van der Waals surface area contributed by atoms with Gasteiger partial charge in [0.05, 0.1) is 23.9 Å². The van der Waals surface area contributed by atoms with Gasteiger partial charge in [0.2, 0.25) is 0 Å². The van der Waals surface area contributed by atoms with Crippen LogP contribution >= 0.6 is 12.4 Å². The van der Waals surface area contributed by atoms with E-state index in [1.807, 2.05) is 41.9 Å². The Morgan fingerprint density at radius 2 is 1.88 bits per heavy atom. The number of likely N-dealkylation sites (tertiary alicyclic amines) is 1. The molecule has 1 spiro atoms. The van der Waals surface area contributed by atoms with Gasteiger partial charge in [-0.15, -0.1) is 12.4 Å². The van der Waals surface area contributed by atoms with Gasteiger partial charge in [-0.25, -0.2) is 0 Å². The van der Waals surface area contributed by atoms with Gasteiger partial charge in [-0.1, -0.05) is 30.3 Å². The van der Waals surface area contributed by atoms with Crippen LogP contribution in [0.1, 0.15) is 25.3 Å². The molecule has 0 saturated carbocycles. The van der Waals surface area contributed by atoms with Crippen LogP contribution in [0.25, 0.3) is 10.9 Å². The van der Waals surface area contributed by atoms with Crippen LogP contribution < -0.4 is 4.90 Å². The maximum Gasteiger partial charge on any atom is 0.255 e. The first-order valence-corrected chi connectivity index (χ1v) is 11.2. The minimum absolute atomic E-state index is 0. The first-order valence-electron chi connectivity index (χ1n) is 11.2. The Labute approximate surface area is 195 Å². The molecule has 3 heterocycles. The van der Waals surface area contributed by atoms with Gasteiger partial charge in [-0.3, -0.25) is 9.48 Å². The molecule has 2 aromatic carbocycles. The smallest absolute Gasteiger partial charge is 0.255 e. The lowest BCUT2D eigenvalue weighted by molar-refractivity contribution is -0.161. The molecule has 0 N–H and O–H groups in total. The lowest BCUT2D eigenvalue weighted by Gasteiger charge is -2.49. The van der Waals surface area contributed by atoms with Crippen molar-refractivity contribution in [3.63, 3.8) is 0 Å². The molecule has 7 heteroatoms. The number of carbonyl (C=O) groups is 1. The van der Waals surface area contributed by atoms with Crippen LogP contribution in [-0.4, -0.2) is 58.5 Å². The molecular formula is C25H31ClN4O2. The van der Waals surface area contributed by atoms with Crippen LogP contribution in [0.2, 0.25) is 0 Å². The first-order chi connectivity index (χ1) is 15.0. The number of ether oxygens (including phenoxy) is 1. The maximum atomic E-state index is 13.0. The lowest BCUT2D eigenvalue weighted by Crippen LogP contribution is -2.61. The summed E-state index contributed by atoms with van der Waals surface area (Å²) in [7, 11) is 1.93. The van der Waals surface area contributed by atoms with E-state index in [0.29, 0.717) is 6.54 Å². The third-order valence-corrected chi connectivity index (χ3v) is 6.86. The zero-order chi connectivity index (χ0) is 21.4. The number of halogens is 1. The number of aryl methyl sites for hydroxylation is 1. The number of carbonyl (C=O) groups excluding carboxylic acids is 1. The summed E-state index contributed by atoms with van der Waals surface area (Å²) in [6.45, 7) is 5.58. The minimum Gasteiger partial charge on any atom is -0.360 e. The predicted molar refractivity (Wildman–Crippen MR) is 129 cm³/mol. The first kappa shape index (κ1) is 22.8. The highest BCUT2D eigenvalue weighted by Gasteiger charge is 2.45. The molecule has 2 aliphatic rings. The molecule has 1 atom stereocenters. The van der Waals surface area contributed by atoms with Crippen molar-refractivity contribution >= 4 is 34.9 Å². The van der Waals surface area contributed by atoms with E-state index >= 15 is 0 Å². The van der Waals surface area contributed by atoms with E-state index in [0.717, 1.165) is 55.5 Å². The van der Waals surface area contributed by atoms with Crippen LogP contribution in [0.15, 0.2) is 54.7 Å². The van der Waals surface area contributed by atoms with Gasteiger partial charge in [0.1, 0.15) is 6.10 Å². The number of hydrogen-bond donors (Lipinski definition) is 0. The quantitative estimate of drug-likeness (QED) is 0.601. The van der Waals surface area contributed by atoms with Gasteiger partial charge in [0.25, 0.3) is 5.91 Å². The number of fused-ring (bicyclic) bond motifs is 1. The number of morpholine rings is 1. The normalized spacial score (nSPS) is 21.1. The van der Waals surface area contributed by atoms with E-state index in [4.69, 9.17) is 4.74 Å². The van der Waals surface area contributed by atoms with Gasteiger partial charge in [-0.2, -0.15) is 5.10 Å². The van der Waals surface area contributed by atoms with Gasteiger partial charge in [0.15, 0.2) is 0 Å². The summed E-state index contributed by atoms with van der Waals surface area (Å²) in [5.41, 5.74) is 3.09. The van der Waals surface area contributed by atoms with E-state index in [-0.39, 0.29) is 23.9 Å². The Balaban J connectivity index is 0.00000245. The maximum absolute atomic E-state index is 13.0. The van der Waals surface area contributed by atoms with Crippen molar-refractivity contribution in [3.8, 4) is 0 Å². The number of benzene rings is 2. The molecule has 0 aliphatic carbocycles. The number of anilines is 1. The third kappa shape index (κ3) is 4.40. The van der Waals surface area contributed by atoms with E-state index in [2.05, 4.69) is 46.4 Å². The summed E-state index contributed by atoms with van der Waals surface area (Å²) >= 11 is 0. The molecular weight excluding hydrogens is 424 g/mol. The fraction of sp³-hybridized carbons (Fsp3) is 0.440. The topological polar surface area (TPSA) is 50.6 Å². The van der Waals surface area contributed by atoms with Crippen molar-refractivity contribution in [1.82, 2.24) is 14.7 Å². The van der Waals surface area contributed by atoms with Crippen LogP contribution in [0.4, 0.5) is 5.69 Å². The molecule has 5 rings (SSSR count). The summed E-state index contributed by atoms with van der Waals surface area (Å²) in [6.07, 6.45) is 4.40. The average Bonchev–Trinajstić information content (AvgIpc) is 3.17. The van der Waals surface area contributed by atoms with E-state index in [1.54, 1.807) is 0 Å². The van der Waals surface area contributed by atoms with Crippen molar-refractivity contribution in [1.29, 1.82) is 0 Å². The molecule has 32 heavy (non-hydrogen) atoms. The van der Waals surface area contributed by atoms with Crippen LogP contribution in [-0.2, 0) is 23.0 Å². The number of hydrogen-bond acceptors (Lipinski definition) is 4. The van der Waals surface area contributed by atoms with Crippen molar-refractivity contribution in [2.45, 2.75) is 37.9 Å². The molecule has 1 amide bonds. The Kier molecular flexibility index (Phi) is 6.56. The van der Waals surface area contributed by atoms with Gasteiger partial charge < -0.3 is 14.5 Å². The van der Waals surface area contributed by atoms with Gasteiger partial charge >= 0.3 is 0 Å². The van der Waals surface area contributed by atoms with Crippen molar-refractivity contribution in [2.75, 3.05) is 31.1 Å². The van der Waals surface area contributed by atoms with E-state index in [1.165, 1.54) is 5.56 Å². The van der Waals surface area contributed by atoms with Crippen molar-refractivity contribution in [2.24, 2.45) is 7.05 Å². The van der Waals surface area contributed by atoms with Crippen LogP contribution in [0.3, 0.4) is 0 Å². The summed E-state index contributed by atoms with van der Waals surface area (Å²) in [4.78, 5) is 17.5. The van der Waals surface area contributed by atoms with E-state index in [9.17, 15) is 4.79 Å². The monoisotopic (exact) mass is 454 g/mol. The minimum atomic E-state index is -0.424. The molecule has 2 saturated heterocycles. The Hall–Kier alpha value is -2.41. The summed E-state index contributed by atoms with van der Waals surface area (Å²) in [5, 5.41) is 5.41.